The van der Waals surface area contributed by atoms with E-state index >= 15 is 0 Å². The first-order chi connectivity index (χ1) is 15.2. The molecule has 1 aromatic carbocycles. The van der Waals surface area contributed by atoms with Crippen LogP contribution < -0.4 is 10.0 Å². The number of rotatable bonds is 7. The van der Waals surface area contributed by atoms with Crippen LogP contribution in [-0.4, -0.2) is 42.4 Å². The molecule has 0 saturated carbocycles. The molecule has 12 heteroatoms. The van der Waals surface area contributed by atoms with Gasteiger partial charge in [-0.2, -0.15) is 21.6 Å². The molecule has 7 nitrogen and oxygen atoms in total. The van der Waals surface area contributed by atoms with E-state index in [9.17, 15) is 21.6 Å². The third-order valence-electron chi connectivity index (χ3n) is 5.01. The zero-order valence-electron chi connectivity index (χ0n) is 16.7. The van der Waals surface area contributed by atoms with Gasteiger partial charge in [0.1, 0.15) is 0 Å². The van der Waals surface area contributed by atoms with E-state index in [1.807, 2.05) is 30.3 Å². The van der Waals surface area contributed by atoms with Gasteiger partial charge < -0.3 is 5.32 Å². The fraction of sp³-hybridized carbons (Fsp3) is 0.300. The van der Waals surface area contributed by atoms with Gasteiger partial charge in [0.05, 0.1) is 23.0 Å². The SMILES string of the molecule is O=S(=O)(Nc1cscn1)c1cc(C(F)(F)F)c(NC2CCN(Cc3ccccc3)C2)cn1. The Labute approximate surface area is 187 Å². The molecule has 2 N–H and O–H groups in total. The fourth-order valence-electron chi connectivity index (χ4n) is 3.54. The van der Waals surface area contributed by atoms with Gasteiger partial charge in [0.15, 0.2) is 10.8 Å². The number of likely N-dealkylation sites (tertiary alicyclic amines) is 1. The third-order valence-corrected chi connectivity index (χ3v) is 6.85. The van der Waals surface area contributed by atoms with Gasteiger partial charge in [-0.1, -0.05) is 30.3 Å². The minimum Gasteiger partial charge on any atom is -0.379 e. The molecule has 4 rings (SSSR count). The first-order valence-electron chi connectivity index (χ1n) is 9.72. The van der Waals surface area contributed by atoms with Crippen molar-refractivity contribution in [1.82, 2.24) is 14.9 Å². The predicted octanol–water partition coefficient (Wildman–Crippen LogP) is 4.04. The summed E-state index contributed by atoms with van der Waals surface area (Å²) in [5.74, 6) is 0.0250. The molecule has 0 spiro atoms. The summed E-state index contributed by atoms with van der Waals surface area (Å²) in [5, 5.41) is 3.61. The number of sulfonamides is 1. The topological polar surface area (TPSA) is 87.2 Å². The fourth-order valence-corrected chi connectivity index (χ4v) is 5.06. The molecule has 1 aliphatic rings. The van der Waals surface area contributed by atoms with Crippen LogP contribution in [0, 0.1) is 0 Å². The maximum Gasteiger partial charge on any atom is 0.418 e. The zero-order valence-corrected chi connectivity index (χ0v) is 18.3. The number of hydrogen-bond acceptors (Lipinski definition) is 7. The van der Waals surface area contributed by atoms with Gasteiger partial charge in [0.25, 0.3) is 10.0 Å². The lowest BCUT2D eigenvalue weighted by Crippen LogP contribution is -2.27. The van der Waals surface area contributed by atoms with Crippen LogP contribution in [0.5, 0.6) is 0 Å². The molecule has 1 aliphatic heterocycles. The highest BCUT2D eigenvalue weighted by Crippen LogP contribution is 2.36. The van der Waals surface area contributed by atoms with Crippen molar-refractivity contribution in [2.75, 3.05) is 23.1 Å². The molecule has 1 atom stereocenters. The smallest absolute Gasteiger partial charge is 0.379 e. The highest BCUT2D eigenvalue weighted by atomic mass is 32.2. The van der Waals surface area contributed by atoms with Gasteiger partial charge in [0, 0.05) is 31.1 Å². The molecular formula is C20H20F3N5O2S2. The highest BCUT2D eigenvalue weighted by Gasteiger charge is 2.36. The van der Waals surface area contributed by atoms with Crippen LogP contribution in [0.3, 0.4) is 0 Å². The van der Waals surface area contributed by atoms with Crippen LogP contribution in [0.25, 0.3) is 0 Å². The van der Waals surface area contributed by atoms with Gasteiger partial charge in [-0.3, -0.25) is 9.62 Å². The molecule has 0 bridgehead atoms. The van der Waals surface area contributed by atoms with E-state index in [0.717, 1.165) is 29.6 Å². The molecule has 1 fully saturated rings. The summed E-state index contributed by atoms with van der Waals surface area (Å²) >= 11 is 1.15. The van der Waals surface area contributed by atoms with E-state index in [1.54, 1.807) is 0 Å². The molecule has 1 saturated heterocycles. The summed E-state index contributed by atoms with van der Waals surface area (Å²) in [6, 6.07) is 10.2. The Morgan fingerprint density at radius 1 is 1.19 bits per heavy atom. The maximum absolute atomic E-state index is 13.7. The Hall–Kier alpha value is -2.70. The molecule has 3 heterocycles. The number of hydrogen-bond donors (Lipinski definition) is 2. The van der Waals surface area contributed by atoms with Gasteiger partial charge in [0.2, 0.25) is 0 Å². The summed E-state index contributed by atoms with van der Waals surface area (Å²) in [5.41, 5.74) is 1.22. The second-order valence-corrected chi connectivity index (χ2v) is 9.74. The first kappa shape index (κ1) is 22.5. The summed E-state index contributed by atoms with van der Waals surface area (Å²) in [6.07, 6.45) is -3.16. The Morgan fingerprint density at radius 3 is 2.66 bits per heavy atom. The number of aromatic nitrogens is 2. The number of nitrogens with one attached hydrogen (secondary N) is 2. The second kappa shape index (κ2) is 9.04. The van der Waals surface area contributed by atoms with Crippen LogP contribution >= 0.6 is 11.3 Å². The van der Waals surface area contributed by atoms with E-state index in [4.69, 9.17) is 0 Å². The third kappa shape index (κ3) is 5.37. The normalized spacial score (nSPS) is 17.4. The second-order valence-electron chi connectivity index (χ2n) is 7.40. The van der Waals surface area contributed by atoms with Crippen LogP contribution in [0.2, 0.25) is 0 Å². The summed E-state index contributed by atoms with van der Waals surface area (Å²) in [4.78, 5) is 9.72. The Kier molecular flexibility index (Phi) is 6.35. The predicted molar refractivity (Wildman–Crippen MR) is 116 cm³/mol. The largest absolute Gasteiger partial charge is 0.418 e. The van der Waals surface area contributed by atoms with Crippen molar-refractivity contribution in [3.63, 3.8) is 0 Å². The maximum atomic E-state index is 13.7. The van der Waals surface area contributed by atoms with Crippen LogP contribution in [0.15, 0.2) is 58.5 Å². The van der Waals surface area contributed by atoms with Crippen molar-refractivity contribution in [3.05, 3.63) is 64.6 Å². The van der Waals surface area contributed by atoms with Crippen molar-refractivity contribution >= 4 is 32.9 Å². The Balaban J connectivity index is 1.50. The summed E-state index contributed by atoms with van der Waals surface area (Å²) in [6.45, 7) is 2.02. The number of halogens is 3. The van der Waals surface area contributed by atoms with Crippen molar-refractivity contribution in [3.8, 4) is 0 Å². The quantitative estimate of drug-likeness (QED) is 0.528. The average molecular weight is 484 g/mol. The standard InChI is InChI=1S/C20H20F3N5O2S2/c21-20(22,23)16-8-19(32(29,30)27-18-12-31-13-25-18)24-9-17(16)26-15-6-7-28(11-15)10-14-4-2-1-3-5-14/h1-5,8-9,12-13,15,26-27H,6-7,10-11H2. The molecule has 3 aromatic rings. The van der Waals surface area contributed by atoms with Crippen LogP contribution in [0.4, 0.5) is 24.7 Å². The molecule has 2 aromatic heterocycles. The van der Waals surface area contributed by atoms with Crippen molar-refractivity contribution < 1.29 is 21.6 Å². The summed E-state index contributed by atoms with van der Waals surface area (Å²) in [7, 11) is -4.31. The number of thiazole rings is 1. The zero-order chi connectivity index (χ0) is 22.8. The van der Waals surface area contributed by atoms with Gasteiger partial charge in [-0.15, -0.1) is 11.3 Å². The van der Waals surface area contributed by atoms with Crippen molar-refractivity contribution in [1.29, 1.82) is 0 Å². The average Bonchev–Trinajstić information content (AvgIpc) is 3.40. The van der Waals surface area contributed by atoms with E-state index in [2.05, 4.69) is 24.9 Å². The number of benzene rings is 1. The van der Waals surface area contributed by atoms with Gasteiger partial charge in [-0.25, -0.2) is 9.97 Å². The Bertz CT molecular complexity index is 1160. The van der Waals surface area contributed by atoms with Crippen LogP contribution in [0.1, 0.15) is 17.5 Å². The lowest BCUT2D eigenvalue weighted by Gasteiger charge is -2.20. The highest BCUT2D eigenvalue weighted by molar-refractivity contribution is 7.92. The molecular weight excluding hydrogens is 463 g/mol. The first-order valence-corrected chi connectivity index (χ1v) is 12.1. The van der Waals surface area contributed by atoms with Gasteiger partial charge in [-0.05, 0) is 18.1 Å². The van der Waals surface area contributed by atoms with E-state index in [1.165, 1.54) is 10.9 Å². The number of pyridine rings is 1. The van der Waals surface area contributed by atoms with Crippen molar-refractivity contribution in [2.24, 2.45) is 0 Å². The molecule has 0 radical (unpaired) electrons. The molecule has 1 unspecified atom stereocenters. The Morgan fingerprint density at radius 2 is 1.97 bits per heavy atom. The monoisotopic (exact) mass is 483 g/mol. The molecule has 32 heavy (non-hydrogen) atoms. The molecule has 0 aliphatic carbocycles. The van der Waals surface area contributed by atoms with E-state index in [0.29, 0.717) is 25.6 Å². The van der Waals surface area contributed by atoms with Crippen molar-refractivity contribution in [2.45, 2.75) is 30.2 Å². The summed E-state index contributed by atoms with van der Waals surface area (Å²) < 4.78 is 68.2. The minimum absolute atomic E-state index is 0.0250. The lowest BCUT2D eigenvalue weighted by molar-refractivity contribution is -0.137. The number of nitrogens with zero attached hydrogens (tertiary/aromatic N) is 3. The minimum atomic E-state index is -4.75. The van der Waals surface area contributed by atoms with E-state index < -0.39 is 26.8 Å². The molecule has 170 valence electrons. The van der Waals surface area contributed by atoms with E-state index in [-0.39, 0.29) is 17.5 Å². The molecule has 0 amide bonds. The van der Waals surface area contributed by atoms with Gasteiger partial charge >= 0.3 is 6.18 Å². The number of anilines is 2. The lowest BCUT2D eigenvalue weighted by atomic mass is 10.2. The van der Waals surface area contributed by atoms with Crippen LogP contribution in [-0.2, 0) is 22.7 Å². The number of alkyl halides is 3.